The monoisotopic (exact) mass is 385 g/mol. The summed E-state index contributed by atoms with van der Waals surface area (Å²) in [6.07, 6.45) is 0. The molecule has 0 saturated heterocycles. The predicted octanol–water partition coefficient (Wildman–Crippen LogP) is -2.68. The second kappa shape index (κ2) is 5.97. The summed E-state index contributed by atoms with van der Waals surface area (Å²) in [7, 11) is -10.3. The first-order chi connectivity index (χ1) is 4.00. The number of hydrogen-bond donors (Lipinski definition) is 0. The minimum absolute atomic E-state index is 0. The summed E-state index contributed by atoms with van der Waals surface area (Å²) in [4.78, 5) is 0. The van der Waals surface area contributed by atoms with E-state index in [1.807, 2.05) is 0 Å². The van der Waals surface area contributed by atoms with E-state index in [0.29, 0.717) is 0 Å². The van der Waals surface area contributed by atoms with Crippen molar-refractivity contribution < 1.29 is 55.2 Å². The minimum Gasteiger partial charge on any atom is -0.759 e. The van der Waals surface area contributed by atoms with Gasteiger partial charge in [0.05, 0.1) is 0 Å². The third-order valence-corrected chi connectivity index (χ3v) is 0. The third-order valence-electron chi connectivity index (χ3n) is 0. The molecule has 0 spiro atoms. The largest absolute Gasteiger partial charge is 0.759 e. The van der Waals surface area contributed by atoms with Gasteiger partial charge in [0.1, 0.15) is 0 Å². The molecule has 11 heteroatoms. The van der Waals surface area contributed by atoms with Crippen LogP contribution >= 0.6 is 0 Å². The van der Waals surface area contributed by atoms with E-state index in [1.54, 1.807) is 0 Å². The Kier molecular flexibility index (Phi) is 9.48. The maximum atomic E-state index is 8.52. The first-order valence-electron chi connectivity index (χ1n) is 1.33. The summed E-state index contributed by atoms with van der Waals surface area (Å²) in [5, 5.41) is 0. The Hall–Kier alpha value is 0.389. The SMILES string of the molecule is O=S(=O)([O-])[O-].O=S(=O)([O-])[O-].[Ir]. The van der Waals surface area contributed by atoms with Gasteiger partial charge in [-0.15, -0.1) is 0 Å². The molecule has 0 rings (SSSR count). The van der Waals surface area contributed by atoms with Crippen LogP contribution < -0.4 is 0 Å². The topological polar surface area (TPSA) is 161 Å². The van der Waals surface area contributed by atoms with Crippen molar-refractivity contribution in [1.29, 1.82) is 0 Å². The third kappa shape index (κ3) is 4820. The van der Waals surface area contributed by atoms with Gasteiger partial charge in [0.25, 0.3) is 0 Å². The summed E-state index contributed by atoms with van der Waals surface area (Å²) in [6.45, 7) is 0. The van der Waals surface area contributed by atoms with Gasteiger partial charge in [-0.1, -0.05) is 0 Å². The van der Waals surface area contributed by atoms with Crippen LogP contribution in [0.3, 0.4) is 0 Å². The molecule has 0 atom stereocenters. The van der Waals surface area contributed by atoms with Gasteiger partial charge in [-0.25, -0.2) is 0 Å². The van der Waals surface area contributed by atoms with Crippen molar-refractivity contribution in [2.45, 2.75) is 0 Å². The molecule has 0 aromatic heterocycles. The second-order valence-electron chi connectivity index (χ2n) is 0.816. The zero-order valence-electron chi connectivity index (χ0n) is 4.42. The van der Waals surface area contributed by atoms with Crippen molar-refractivity contribution in [3.63, 3.8) is 0 Å². The molecule has 0 bridgehead atoms. The van der Waals surface area contributed by atoms with Crippen LogP contribution in [0.2, 0.25) is 0 Å². The Balaban J connectivity index is -0.000000107. The predicted molar refractivity (Wildman–Crippen MR) is 20.9 cm³/mol. The van der Waals surface area contributed by atoms with Gasteiger partial charge >= 0.3 is 0 Å². The fraction of sp³-hybridized carbons (Fsp3) is 0. The van der Waals surface area contributed by atoms with Crippen LogP contribution in [0.1, 0.15) is 0 Å². The first-order valence-corrected chi connectivity index (χ1v) is 4.00. The Morgan fingerprint density at radius 2 is 0.636 bits per heavy atom. The molecule has 0 fully saturated rings. The molecule has 0 aromatic carbocycles. The molecule has 73 valence electrons. The maximum Gasteiger partial charge on any atom is 0.0311 e. The molecule has 0 amide bonds. The van der Waals surface area contributed by atoms with E-state index in [9.17, 15) is 0 Å². The fourth-order valence-electron chi connectivity index (χ4n) is 0. The van der Waals surface area contributed by atoms with Gasteiger partial charge in [0.15, 0.2) is 0 Å². The van der Waals surface area contributed by atoms with Crippen LogP contribution in [0.4, 0.5) is 0 Å². The summed E-state index contributed by atoms with van der Waals surface area (Å²) >= 11 is 0. The molecule has 0 heterocycles. The van der Waals surface area contributed by atoms with Crippen LogP contribution in [0.25, 0.3) is 0 Å². The van der Waals surface area contributed by atoms with E-state index in [0.717, 1.165) is 0 Å². The molecule has 11 heavy (non-hydrogen) atoms. The van der Waals surface area contributed by atoms with Gasteiger partial charge in [-0.2, -0.15) is 0 Å². The molecule has 8 nitrogen and oxygen atoms in total. The van der Waals surface area contributed by atoms with E-state index < -0.39 is 20.8 Å². The summed E-state index contributed by atoms with van der Waals surface area (Å²) < 4.78 is 68.2. The standard InChI is InChI=1S/Ir.2H2O4S/c;2*1-5(2,3)4/h;2*(H2,1,2,3,4)/p-4. The van der Waals surface area contributed by atoms with E-state index in [2.05, 4.69) is 0 Å². The van der Waals surface area contributed by atoms with Gasteiger partial charge in [-0.05, 0) is 0 Å². The fourth-order valence-corrected chi connectivity index (χ4v) is 0. The van der Waals surface area contributed by atoms with Crippen molar-refractivity contribution in [3.05, 3.63) is 0 Å². The zero-order chi connectivity index (χ0) is 9.00. The molecule has 0 aliphatic heterocycles. The number of rotatable bonds is 0. The summed E-state index contributed by atoms with van der Waals surface area (Å²) in [6, 6.07) is 0. The van der Waals surface area contributed by atoms with Crippen molar-refractivity contribution in [3.8, 4) is 0 Å². The van der Waals surface area contributed by atoms with Gasteiger partial charge in [0, 0.05) is 40.9 Å². The van der Waals surface area contributed by atoms with E-state index in [-0.39, 0.29) is 20.1 Å². The van der Waals surface area contributed by atoms with Gasteiger partial charge < -0.3 is 18.2 Å². The van der Waals surface area contributed by atoms with Crippen molar-refractivity contribution in [1.82, 2.24) is 0 Å². The first kappa shape index (κ1) is 17.5. The number of hydrogen-bond acceptors (Lipinski definition) is 8. The molecule has 0 N–H and O–H groups in total. The van der Waals surface area contributed by atoms with Crippen molar-refractivity contribution in [2.24, 2.45) is 0 Å². The van der Waals surface area contributed by atoms with Crippen molar-refractivity contribution >= 4 is 20.8 Å². The Bertz CT molecular complexity index is 208. The van der Waals surface area contributed by atoms with Crippen LogP contribution in [0.5, 0.6) is 0 Å². The Morgan fingerprint density at radius 3 is 0.636 bits per heavy atom. The molecule has 0 aliphatic carbocycles. The van der Waals surface area contributed by atoms with Crippen LogP contribution in [0, 0.1) is 0 Å². The molecule has 0 unspecified atom stereocenters. The Morgan fingerprint density at radius 1 is 0.636 bits per heavy atom. The second-order valence-corrected chi connectivity index (χ2v) is 2.45. The van der Waals surface area contributed by atoms with Gasteiger partial charge in [-0.3, -0.25) is 16.8 Å². The summed E-state index contributed by atoms with van der Waals surface area (Å²) in [5.74, 6) is 0. The average Bonchev–Trinajstić information content (AvgIpc) is 1.12. The maximum absolute atomic E-state index is 8.52. The van der Waals surface area contributed by atoms with Crippen LogP contribution in [-0.4, -0.2) is 35.0 Å². The molecule has 0 aromatic rings. The van der Waals surface area contributed by atoms with E-state index in [1.165, 1.54) is 0 Å². The Labute approximate surface area is 76.1 Å². The molecular formula is IrO8S2-4. The van der Waals surface area contributed by atoms with Crippen molar-refractivity contribution in [2.75, 3.05) is 0 Å². The summed E-state index contributed by atoms with van der Waals surface area (Å²) in [5.41, 5.74) is 0. The quantitative estimate of drug-likeness (QED) is 0.322. The molecular weight excluding hydrogens is 384 g/mol. The van der Waals surface area contributed by atoms with Crippen LogP contribution in [0.15, 0.2) is 0 Å². The smallest absolute Gasteiger partial charge is 0.0311 e. The molecule has 1 radical (unpaired) electrons. The van der Waals surface area contributed by atoms with E-state index in [4.69, 9.17) is 35.0 Å². The molecule has 0 saturated carbocycles. The van der Waals surface area contributed by atoms with E-state index >= 15 is 0 Å². The molecule has 0 aliphatic rings. The van der Waals surface area contributed by atoms with Crippen LogP contribution in [-0.2, 0) is 40.9 Å². The zero-order valence-corrected chi connectivity index (χ0v) is 8.44. The average molecular weight is 384 g/mol. The van der Waals surface area contributed by atoms with Gasteiger partial charge in [0.2, 0.25) is 0 Å². The normalized spacial score (nSPS) is 10.5. The minimum atomic E-state index is -5.17.